The average molecular weight is 265 g/mol. The summed E-state index contributed by atoms with van der Waals surface area (Å²) in [6, 6.07) is 18.0. The van der Waals surface area contributed by atoms with Crippen LogP contribution in [0.4, 0.5) is 0 Å². The number of carbonyl (C=O) groups is 1. The molecule has 1 heterocycles. The third-order valence-corrected chi connectivity index (χ3v) is 3.51. The Kier molecular flexibility index (Phi) is 3.25. The van der Waals surface area contributed by atoms with Gasteiger partial charge in [-0.15, -0.1) is 0 Å². The highest BCUT2D eigenvalue weighted by Gasteiger charge is 2.09. The molecular formula is C17H15NO2. The van der Waals surface area contributed by atoms with E-state index >= 15 is 0 Å². The first-order valence-electron chi connectivity index (χ1n) is 6.62. The Morgan fingerprint density at radius 2 is 1.80 bits per heavy atom. The van der Waals surface area contributed by atoms with E-state index in [-0.39, 0.29) is 5.69 Å². The number of carboxylic acids is 1. The van der Waals surface area contributed by atoms with Crippen LogP contribution in [0.25, 0.3) is 10.9 Å². The van der Waals surface area contributed by atoms with E-state index in [0.717, 1.165) is 23.7 Å². The third-order valence-electron chi connectivity index (χ3n) is 3.51. The van der Waals surface area contributed by atoms with Crippen LogP contribution in [0.1, 0.15) is 21.6 Å². The first-order chi connectivity index (χ1) is 9.74. The van der Waals surface area contributed by atoms with E-state index in [1.165, 1.54) is 11.1 Å². The van der Waals surface area contributed by atoms with Gasteiger partial charge in [-0.05, 0) is 36.1 Å². The summed E-state index contributed by atoms with van der Waals surface area (Å²) in [5.41, 5.74) is 3.59. The molecule has 0 aliphatic rings. The molecule has 2 aromatic carbocycles. The summed E-state index contributed by atoms with van der Waals surface area (Å²) < 4.78 is 0. The molecule has 0 unspecified atom stereocenters. The van der Waals surface area contributed by atoms with E-state index < -0.39 is 5.97 Å². The highest BCUT2D eigenvalue weighted by molar-refractivity contribution is 5.95. The van der Waals surface area contributed by atoms with Gasteiger partial charge >= 0.3 is 5.97 Å². The fourth-order valence-electron chi connectivity index (χ4n) is 2.47. The van der Waals surface area contributed by atoms with Crippen molar-refractivity contribution in [2.24, 2.45) is 0 Å². The number of nitrogens with one attached hydrogen (secondary N) is 1. The van der Waals surface area contributed by atoms with Crippen molar-refractivity contribution in [3.63, 3.8) is 0 Å². The van der Waals surface area contributed by atoms with Gasteiger partial charge < -0.3 is 10.1 Å². The van der Waals surface area contributed by atoms with Crippen LogP contribution in [0.5, 0.6) is 0 Å². The quantitative estimate of drug-likeness (QED) is 0.756. The molecule has 1 aromatic heterocycles. The first kappa shape index (κ1) is 12.5. The molecule has 0 aliphatic heterocycles. The summed E-state index contributed by atoms with van der Waals surface area (Å²) in [5, 5.41) is 10.1. The molecule has 3 nitrogen and oxygen atoms in total. The predicted octanol–water partition coefficient (Wildman–Crippen LogP) is 3.65. The van der Waals surface area contributed by atoms with Crippen LogP contribution in [0.2, 0.25) is 0 Å². The monoisotopic (exact) mass is 265 g/mol. The van der Waals surface area contributed by atoms with Crippen molar-refractivity contribution >= 4 is 16.9 Å². The smallest absolute Gasteiger partial charge is 0.352 e. The summed E-state index contributed by atoms with van der Waals surface area (Å²) in [6.45, 7) is 0. The van der Waals surface area contributed by atoms with Crippen molar-refractivity contribution in [1.82, 2.24) is 4.98 Å². The zero-order valence-electron chi connectivity index (χ0n) is 11.0. The largest absolute Gasteiger partial charge is 0.477 e. The number of aromatic amines is 1. The van der Waals surface area contributed by atoms with E-state index in [1.807, 2.05) is 30.3 Å². The SMILES string of the molecule is O=C(O)c1cc2c(CCc3ccccc3)cccc2[nH]1. The molecule has 0 spiro atoms. The molecule has 3 rings (SSSR count). The van der Waals surface area contributed by atoms with Gasteiger partial charge in [0.15, 0.2) is 0 Å². The highest BCUT2D eigenvalue weighted by Crippen LogP contribution is 2.21. The van der Waals surface area contributed by atoms with Gasteiger partial charge in [0.2, 0.25) is 0 Å². The molecule has 0 saturated heterocycles. The molecule has 0 aliphatic carbocycles. The third kappa shape index (κ3) is 2.43. The van der Waals surface area contributed by atoms with Crippen LogP contribution in [0, 0.1) is 0 Å². The standard InChI is InChI=1S/C17H15NO2/c19-17(20)16-11-14-13(7-4-8-15(14)18-16)10-9-12-5-2-1-3-6-12/h1-8,11,18H,9-10H2,(H,19,20). The number of rotatable bonds is 4. The molecule has 100 valence electrons. The lowest BCUT2D eigenvalue weighted by Gasteiger charge is -2.03. The molecule has 3 aromatic rings. The second-order valence-electron chi connectivity index (χ2n) is 4.85. The Hall–Kier alpha value is -2.55. The molecule has 0 atom stereocenters. The van der Waals surface area contributed by atoms with Crippen molar-refractivity contribution in [3.05, 3.63) is 71.4 Å². The lowest BCUT2D eigenvalue weighted by atomic mass is 10.0. The van der Waals surface area contributed by atoms with E-state index in [4.69, 9.17) is 5.11 Å². The lowest BCUT2D eigenvalue weighted by molar-refractivity contribution is 0.0691. The van der Waals surface area contributed by atoms with Crippen LogP contribution < -0.4 is 0 Å². The topological polar surface area (TPSA) is 53.1 Å². The number of fused-ring (bicyclic) bond motifs is 1. The summed E-state index contributed by atoms with van der Waals surface area (Å²) >= 11 is 0. The molecule has 0 bridgehead atoms. The average Bonchev–Trinajstić information content (AvgIpc) is 2.91. The van der Waals surface area contributed by atoms with Crippen molar-refractivity contribution in [1.29, 1.82) is 0 Å². The number of benzene rings is 2. The Morgan fingerprint density at radius 3 is 2.55 bits per heavy atom. The van der Waals surface area contributed by atoms with Gasteiger partial charge in [0, 0.05) is 10.9 Å². The maximum Gasteiger partial charge on any atom is 0.352 e. The minimum absolute atomic E-state index is 0.243. The molecule has 0 radical (unpaired) electrons. The zero-order valence-corrected chi connectivity index (χ0v) is 11.0. The molecular weight excluding hydrogens is 250 g/mol. The zero-order chi connectivity index (χ0) is 13.9. The fraction of sp³-hybridized carbons (Fsp3) is 0.118. The van der Waals surface area contributed by atoms with Crippen LogP contribution in [0.3, 0.4) is 0 Å². The minimum Gasteiger partial charge on any atom is -0.477 e. The van der Waals surface area contributed by atoms with Crippen molar-refractivity contribution in [2.75, 3.05) is 0 Å². The first-order valence-corrected chi connectivity index (χ1v) is 6.62. The summed E-state index contributed by atoms with van der Waals surface area (Å²) in [6.07, 6.45) is 1.85. The van der Waals surface area contributed by atoms with Gasteiger partial charge in [-0.3, -0.25) is 0 Å². The Bertz CT molecular complexity index is 744. The second-order valence-corrected chi connectivity index (χ2v) is 4.85. The number of aryl methyl sites for hydroxylation is 2. The number of aromatic nitrogens is 1. The van der Waals surface area contributed by atoms with Gasteiger partial charge in [-0.2, -0.15) is 0 Å². The normalized spacial score (nSPS) is 10.8. The number of hydrogen-bond acceptors (Lipinski definition) is 1. The predicted molar refractivity (Wildman–Crippen MR) is 79.1 cm³/mol. The number of carboxylic acid groups (broad SMARTS) is 1. The van der Waals surface area contributed by atoms with E-state index in [0.29, 0.717) is 0 Å². The minimum atomic E-state index is -0.921. The molecule has 0 saturated carbocycles. The van der Waals surface area contributed by atoms with Gasteiger partial charge in [-0.25, -0.2) is 4.79 Å². The lowest BCUT2D eigenvalue weighted by Crippen LogP contribution is -1.94. The number of H-pyrrole nitrogens is 1. The summed E-state index contributed by atoms with van der Waals surface area (Å²) in [4.78, 5) is 14.0. The van der Waals surface area contributed by atoms with Crippen molar-refractivity contribution in [3.8, 4) is 0 Å². The number of aromatic carboxylic acids is 1. The fourth-order valence-corrected chi connectivity index (χ4v) is 2.47. The van der Waals surface area contributed by atoms with Gasteiger partial charge in [0.25, 0.3) is 0 Å². The van der Waals surface area contributed by atoms with E-state index in [9.17, 15) is 4.79 Å². The van der Waals surface area contributed by atoms with Gasteiger partial charge in [0.1, 0.15) is 5.69 Å². The van der Waals surface area contributed by atoms with Gasteiger partial charge in [-0.1, -0.05) is 42.5 Å². The molecule has 0 amide bonds. The molecule has 3 heteroatoms. The van der Waals surface area contributed by atoms with Crippen molar-refractivity contribution in [2.45, 2.75) is 12.8 Å². The van der Waals surface area contributed by atoms with Crippen LogP contribution in [0.15, 0.2) is 54.6 Å². The molecule has 20 heavy (non-hydrogen) atoms. The Morgan fingerprint density at radius 1 is 1.00 bits per heavy atom. The van der Waals surface area contributed by atoms with E-state index in [1.54, 1.807) is 6.07 Å². The maximum absolute atomic E-state index is 11.0. The summed E-state index contributed by atoms with van der Waals surface area (Å²) in [7, 11) is 0. The second kappa shape index (κ2) is 5.21. The Labute approximate surface area is 116 Å². The van der Waals surface area contributed by atoms with Crippen LogP contribution >= 0.6 is 0 Å². The Balaban J connectivity index is 1.89. The summed E-state index contributed by atoms with van der Waals surface area (Å²) in [5.74, 6) is -0.921. The van der Waals surface area contributed by atoms with Crippen LogP contribution in [-0.4, -0.2) is 16.1 Å². The van der Waals surface area contributed by atoms with Crippen molar-refractivity contribution < 1.29 is 9.90 Å². The van der Waals surface area contributed by atoms with Gasteiger partial charge in [0.05, 0.1) is 0 Å². The maximum atomic E-state index is 11.0. The number of hydrogen-bond donors (Lipinski definition) is 2. The van der Waals surface area contributed by atoms with Crippen LogP contribution in [-0.2, 0) is 12.8 Å². The van der Waals surface area contributed by atoms with E-state index in [2.05, 4.69) is 23.2 Å². The molecule has 0 fully saturated rings. The highest BCUT2D eigenvalue weighted by atomic mass is 16.4. The molecule has 2 N–H and O–H groups in total.